The molecule has 0 spiro atoms. The third-order valence-electron chi connectivity index (χ3n) is 6.18. The highest BCUT2D eigenvalue weighted by Gasteiger charge is 2.11. The molecule has 0 saturated carbocycles. The van der Waals surface area contributed by atoms with Gasteiger partial charge in [-0.3, -0.25) is 0 Å². The number of fused-ring (bicyclic) bond motifs is 1. The van der Waals surface area contributed by atoms with E-state index in [2.05, 4.69) is 125 Å². The third kappa shape index (κ3) is 4.32. The molecule has 5 aromatic carbocycles. The van der Waals surface area contributed by atoms with E-state index in [1.807, 2.05) is 13.0 Å². The van der Waals surface area contributed by atoms with Gasteiger partial charge in [-0.15, -0.1) is 0 Å². The Hall–Kier alpha value is -4.63. The van der Waals surface area contributed by atoms with Crippen molar-refractivity contribution in [1.82, 2.24) is 15.0 Å². The highest BCUT2D eigenvalue weighted by molar-refractivity contribution is 5.87. The summed E-state index contributed by atoms with van der Waals surface area (Å²) in [6, 6.07) is 42.1. The average molecular weight is 450 g/mol. The van der Waals surface area contributed by atoms with Crippen LogP contribution in [0.2, 0.25) is 0 Å². The smallest absolute Gasteiger partial charge is 0.163 e. The zero-order valence-electron chi connectivity index (χ0n) is 19.4. The Morgan fingerprint density at radius 3 is 1.57 bits per heavy atom. The number of nitrogens with zero attached hydrogens (tertiary/aromatic N) is 3. The normalized spacial score (nSPS) is 11.0. The molecule has 0 bridgehead atoms. The summed E-state index contributed by atoms with van der Waals surface area (Å²) in [6.07, 6.45) is 0. The molecule has 1 heterocycles. The first-order valence-electron chi connectivity index (χ1n) is 11.7. The first-order valence-corrected chi connectivity index (χ1v) is 11.7. The van der Waals surface area contributed by atoms with Crippen molar-refractivity contribution in [1.29, 1.82) is 0 Å². The lowest BCUT2D eigenvalue weighted by Crippen LogP contribution is -1.99. The van der Waals surface area contributed by atoms with Gasteiger partial charge in [-0.2, -0.15) is 0 Å². The van der Waals surface area contributed by atoms with E-state index in [0.29, 0.717) is 17.5 Å². The molecule has 0 amide bonds. The van der Waals surface area contributed by atoms with Gasteiger partial charge >= 0.3 is 0 Å². The fourth-order valence-corrected chi connectivity index (χ4v) is 4.42. The van der Waals surface area contributed by atoms with Crippen LogP contribution in [-0.2, 0) is 0 Å². The number of aryl methyl sites for hydroxylation is 1. The maximum absolute atomic E-state index is 4.87. The Bertz CT molecular complexity index is 1660. The summed E-state index contributed by atoms with van der Waals surface area (Å²) in [5, 5.41) is 2.47. The molecule has 3 heteroatoms. The lowest BCUT2D eigenvalue weighted by atomic mass is 9.99. The van der Waals surface area contributed by atoms with E-state index in [-0.39, 0.29) is 0 Å². The number of hydrogen-bond acceptors (Lipinski definition) is 3. The zero-order valence-corrected chi connectivity index (χ0v) is 19.4. The Morgan fingerprint density at radius 1 is 0.371 bits per heavy atom. The molecule has 0 aliphatic heterocycles. The maximum Gasteiger partial charge on any atom is 0.163 e. The van der Waals surface area contributed by atoms with Gasteiger partial charge in [-0.1, -0.05) is 103 Å². The molecule has 0 aliphatic carbocycles. The second-order valence-electron chi connectivity index (χ2n) is 8.62. The van der Waals surface area contributed by atoms with E-state index in [9.17, 15) is 0 Å². The van der Waals surface area contributed by atoms with Gasteiger partial charge in [0, 0.05) is 11.1 Å². The van der Waals surface area contributed by atoms with E-state index in [1.54, 1.807) is 0 Å². The second kappa shape index (κ2) is 8.96. The quantitative estimate of drug-likeness (QED) is 0.274. The zero-order chi connectivity index (χ0) is 23.6. The number of benzene rings is 5. The van der Waals surface area contributed by atoms with Crippen molar-refractivity contribution in [2.45, 2.75) is 6.92 Å². The van der Waals surface area contributed by atoms with Crippen LogP contribution in [-0.4, -0.2) is 15.0 Å². The molecule has 0 N–H and O–H groups in total. The summed E-state index contributed by atoms with van der Waals surface area (Å²) in [5.74, 6) is 2.06. The van der Waals surface area contributed by atoms with Gasteiger partial charge in [0.25, 0.3) is 0 Å². The van der Waals surface area contributed by atoms with Crippen LogP contribution in [0.25, 0.3) is 55.8 Å². The van der Waals surface area contributed by atoms with E-state index in [0.717, 1.165) is 22.3 Å². The molecular formula is C32H23N3. The van der Waals surface area contributed by atoms with Crippen LogP contribution in [0.15, 0.2) is 121 Å². The summed E-state index contributed by atoms with van der Waals surface area (Å²) >= 11 is 0. The standard InChI is InChI=1S/C32H23N3/c1-22-33-31(29-15-7-13-26(20-29)23-9-3-2-4-10-23)35-32(34-22)30-16-8-14-27(21-30)28-18-17-24-11-5-6-12-25(24)19-28/h2-21H,1H3. The monoisotopic (exact) mass is 449 g/mol. The SMILES string of the molecule is Cc1nc(-c2cccc(-c3ccccc3)c2)nc(-c2cccc(-c3ccc4ccccc4c3)c2)n1. The number of hydrogen-bond donors (Lipinski definition) is 0. The Kier molecular flexibility index (Phi) is 5.36. The number of aromatic nitrogens is 3. The molecule has 35 heavy (non-hydrogen) atoms. The van der Waals surface area contributed by atoms with Gasteiger partial charge in [0.05, 0.1) is 0 Å². The van der Waals surface area contributed by atoms with Crippen molar-refractivity contribution in [3.63, 3.8) is 0 Å². The molecule has 6 rings (SSSR count). The first-order chi connectivity index (χ1) is 17.2. The molecule has 0 atom stereocenters. The van der Waals surface area contributed by atoms with Crippen molar-refractivity contribution >= 4 is 10.8 Å². The summed E-state index contributed by atoms with van der Waals surface area (Å²) < 4.78 is 0. The van der Waals surface area contributed by atoms with Crippen LogP contribution in [0.1, 0.15) is 5.82 Å². The minimum atomic E-state index is 0.681. The lowest BCUT2D eigenvalue weighted by Gasteiger charge is -2.09. The van der Waals surface area contributed by atoms with Crippen LogP contribution < -0.4 is 0 Å². The molecule has 3 nitrogen and oxygen atoms in total. The fraction of sp³-hybridized carbons (Fsp3) is 0.0312. The minimum Gasteiger partial charge on any atom is -0.213 e. The summed E-state index contributed by atoms with van der Waals surface area (Å²) in [4.78, 5) is 14.2. The molecule has 0 saturated heterocycles. The van der Waals surface area contributed by atoms with E-state index in [4.69, 9.17) is 4.98 Å². The van der Waals surface area contributed by atoms with Gasteiger partial charge in [-0.25, -0.2) is 15.0 Å². The first kappa shape index (κ1) is 20.9. The van der Waals surface area contributed by atoms with E-state index < -0.39 is 0 Å². The van der Waals surface area contributed by atoms with Crippen molar-refractivity contribution in [2.75, 3.05) is 0 Å². The van der Waals surface area contributed by atoms with Crippen LogP contribution in [0, 0.1) is 6.92 Å². The van der Waals surface area contributed by atoms with Crippen LogP contribution in [0.3, 0.4) is 0 Å². The summed E-state index contributed by atoms with van der Waals surface area (Å²) in [6.45, 7) is 1.92. The second-order valence-corrected chi connectivity index (χ2v) is 8.62. The molecular weight excluding hydrogens is 426 g/mol. The summed E-state index contributed by atoms with van der Waals surface area (Å²) in [5.41, 5.74) is 6.57. The molecule has 6 aromatic rings. The fourth-order valence-electron chi connectivity index (χ4n) is 4.42. The van der Waals surface area contributed by atoms with Gasteiger partial charge in [0.2, 0.25) is 0 Å². The van der Waals surface area contributed by atoms with Gasteiger partial charge in [0.15, 0.2) is 11.6 Å². The van der Waals surface area contributed by atoms with Crippen LogP contribution >= 0.6 is 0 Å². The van der Waals surface area contributed by atoms with E-state index >= 15 is 0 Å². The molecule has 0 fully saturated rings. The summed E-state index contributed by atoms with van der Waals surface area (Å²) in [7, 11) is 0. The molecule has 0 unspecified atom stereocenters. The molecule has 166 valence electrons. The van der Waals surface area contributed by atoms with Gasteiger partial charge < -0.3 is 0 Å². The Balaban J connectivity index is 1.39. The Labute approximate surface area is 204 Å². The molecule has 0 aliphatic rings. The molecule has 1 aromatic heterocycles. The highest BCUT2D eigenvalue weighted by atomic mass is 15.0. The molecule has 0 radical (unpaired) electrons. The number of rotatable bonds is 4. The van der Waals surface area contributed by atoms with Crippen molar-refractivity contribution in [2.24, 2.45) is 0 Å². The Morgan fingerprint density at radius 2 is 0.886 bits per heavy atom. The van der Waals surface area contributed by atoms with Crippen molar-refractivity contribution in [3.8, 4) is 45.0 Å². The van der Waals surface area contributed by atoms with Crippen LogP contribution in [0.4, 0.5) is 0 Å². The van der Waals surface area contributed by atoms with Crippen molar-refractivity contribution < 1.29 is 0 Å². The predicted octanol–water partition coefficient (Wildman–Crippen LogP) is 8.00. The highest BCUT2D eigenvalue weighted by Crippen LogP contribution is 2.29. The average Bonchev–Trinajstić information content (AvgIpc) is 2.93. The lowest BCUT2D eigenvalue weighted by molar-refractivity contribution is 0.992. The topological polar surface area (TPSA) is 38.7 Å². The van der Waals surface area contributed by atoms with Gasteiger partial charge in [0.1, 0.15) is 5.82 Å². The van der Waals surface area contributed by atoms with Crippen molar-refractivity contribution in [3.05, 3.63) is 127 Å². The minimum absolute atomic E-state index is 0.681. The van der Waals surface area contributed by atoms with E-state index in [1.165, 1.54) is 21.9 Å². The van der Waals surface area contributed by atoms with Gasteiger partial charge in [-0.05, 0) is 58.1 Å². The largest absolute Gasteiger partial charge is 0.213 e. The van der Waals surface area contributed by atoms with Crippen LogP contribution in [0.5, 0.6) is 0 Å². The maximum atomic E-state index is 4.87. The third-order valence-corrected chi connectivity index (χ3v) is 6.18. The predicted molar refractivity (Wildman–Crippen MR) is 144 cm³/mol.